The van der Waals surface area contributed by atoms with Crippen molar-refractivity contribution in [1.29, 1.82) is 0 Å². The zero-order valence-electron chi connectivity index (χ0n) is 15.7. The molecule has 0 aromatic heterocycles. The summed E-state index contributed by atoms with van der Waals surface area (Å²) >= 11 is 0. The highest BCUT2D eigenvalue weighted by Gasteiger charge is 2.43. The first-order valence-electron chi connectivity index (χ1n) is 8.59. The van der Waals surface area contributed by atoms with Gasteiger partial charge in [-0.15, -0.1) is 0 Å². The van der Waals surface area contributed by atoms with Crippen molar-refractivity contribution in [2.24, 2.45) is 17.8 Å². The highest BCUT2D eigenvalue weighted by Crippen LogP contribution is 2.31. The van der Waals surface area contributed by atoms with Gasteiger partial charge in [0.1, 0.15) is 6.61 Å². The summed E-state index contributed by atoms with van der Waals surface area (Å²) in [6, 6.07) is 9.28. The van der Waals surface area contributed by atoms with E-state index in [2.05, 4.69) is 0 Å². The Morgan fingerprint density at radius 3 is 2.48 bits per heavy atom. The van der Waals surface area contributed by atoms with Gasteiger partial charge in [0.2, 0.25) is 0 Å². The van der Waals surface area contributed by atoms with Gasteiger partial charge in [-0.05, 0) is 17.4 Å². The van der Waals surface area contributed by atoms with Crippen molar-refractivity contribution in [3.63, 3.8) is 0 Å². The summed E-state index contributed by atoms with van der Waals surface area (Å²) in [6.45, 7) is 2.28. The van der Waals surface area contributed by atoms with Crippen LogP contribution in [0, 0.1) is 17.8 Å². The average Bonchev–Trinajstić information content (AvgIpc) is 3.09. The van der Waals surface area contributed by atoms with Crippen LogP contribution in [0.15, 0.2) is 30.3 Å². The first-order chi connectivity index (χ1) is 12.7. The molecule has 1 saturated heterocycles. The predicted octanol–water partition coefficient (Wildman–Crippen LogP) is 1.66. The molecule has 150 valence electrons. The van der Waals surface area contributed by atoms with Gasteiger partial charge in [-0.3, -0.25) is 8.98 Å². The highest BCUT2D eigenvalue weighted by molar-refractivity contribution is 7.85. The van der Waals surface area contributed by atoms with Gasteiger partial charge >= 0.3 is 12.1 Å². The minimum Gasteiger partial charge on any atom is -0.469 e. The summed E-state index contributed by atoms with van der Waals surface area (Å²) in [5, 5.41) is 0. The van der Waals surface area contributed by atoms with E-state index in [0.29, 0.717) is 0 Å². The molecule has 27 heavy (non-hydrogen) atoms. The molecule has 1 fully saturated rings. The maximum atomic E-state index is 12.4. The Kier molecular flexibility index (Phi) is 7.20. The number of rotatable bonds is 7. The number of carbonyl (C=O) groups is 2. The van der Waals surface area contributed by atoms with Crippen LogP contribution in [-0.4, -0.2) is 58.4 Å². The number of hydrogen-bond donors (Lipinski definition) is 0. The van der Waals surface area contributed by atoms with Gasteiger partial charge in [-0.1, -0.05) is 37.3 Å². The van der Waals surface area contributed by atoms with Crippen LogP contribution < -0.4 is 0 Å². The lowest BCUT2D eigenvalue weighted by molar-refractivity contribution is -0.146. The van der Waals surface area contributed by atoms with Gasteiger partial charge in [-0.25, -0.2) is 4.79 Å². The fourth-order valence-corrected chi connectivity index (χ4v) is 3.58. The summed E-state index contributed by atoms with van der Waals surface area (Å²) in [7, 11) is -2.30. The van der Waals surface area contributed by atoms with E-state index in [1.807, 2.05) is 30.3 Å². The molecule has 8 nitrogen and oxygen atoms in total. The van der Waals surface area contributed by atoms with Crippen molar-refractivity contribution in [1.82, 2.24) is 4.90 Å². The van der Waals surface area contributed by atoms with E-state index in [1.54, 1.807) is 6.92 Å². The summed E-state index contributed by atoms with van der Waals surface area (Å²) in [4.78, 5) is 26.0. The maximum Gasteiger partial charge on any atom is 0.410 e. The molecular weight excluding hydrogens is 374 g/mol. The second-order valence-electron chi connectivity index (χ2n) is 6.70. The van der Waals surface area contributed by atoms with Crippen LogP contribution >= 0.6 is 0 Å². The average molecular weight is 399 g/mol. The molecular formula is C18H25NO7S. The van der Waals surface area contributed by atoms with Gasteiger partial charge < -0.3 is 14.4 Å². The fourth-order valence-electron chi connectivity index (χ4n) is 3.12. The first kappa shape index (κ1) is 21.2. The van der Waals surface area contributed by atoms with Crippen molar-refractivity contribution in [2.75, 3.05) is 33.1 Å². The number of benzene rings is 1. The van der Waals surface area contributed by atoms with Crippen molar-refractivity contribution in [2.45, 2.75) is 13.5 Å². The largest absolute Gasteiger partial charge is 0.469 e. The lowest BCUT2D eigenvalue weighted by Crippen LogP contribution is -2.30. The molecule has 0 saturated carbocycles. The van der Waals surface area contributed by atoms with Gasteiger partial charge in [-0.2, -0.15) is 8.42 Å². The number of esters is 1. The molecule has 1 aliphatic heterocycles. The molecule has 0 N–H and O–H groups in total. The zero-order valence-corrected chi connectivity index (χ0v) is 16.5. The van der Waals surface area contributed by atoms with E-state index in [-0.39, 0.29) is 38.1 Å². The van der Waals surface area contributed by atoms with Crippen molar-refractivity contribution in [3.05, 3.63) is 35.9 Å². The van der Waals surface area contributed by atoms with Gasteiger partial charge in [0, 0.05) is 13.1 Å². The van der Waals surface area contributed by atoms with E-state index in [0.717, 1.165) is 11.8 Å². The molecule has 0 spiro atoms. The molecule has 0 aliphatic carbocycles. The smallest absolute Gasteiger partial charge is 0.410 e. The second-order valence-corrected chi connectivity index (χ2v) is 8.35. The van der Waals surface area contributed by atoms with Gasteiger partial charge in [0.15, 0.2) is 0 Å². The molecule has 2 rings (SSSR count). The zero-order chi connectivity index (χ0) is 20.0. The van der Waals surface area contributed by atoms with E-state index >= 15 is 0 Å². The minimum atomic E-state index is -3.58. The van der Waals surface area contributed by atoms with Gasteiger partial charge in [0.05, 0.1) is 25.9 Å². The Bertz CT molecular complexity index is 750. The van der Waals surface area contributed by atoms with E-state index in [4.69, 9.17) is 13.7 Å². The molecule has 1 aromatic rings. The molecule has 3 atom stereocenters. The first-order valence-corrected chi connectivity index (χ1v) is 10.4. The third-order valence-electron chi connectivity index (χ3n) is 4.61. The Balaban J connectivity index is 2.00. The van der Waals surface area contributed by atoms with Crippen molar-refractivity contribution in [3.8, 4) is 0 Å². The quantitative estimate of drug-likeness (QED) is 0.508. The summed E-state index contributed by atoms with van der Waals surface area (Å²) in [6.07, 6.45) is 0.450. The normalized spacial score (nSPS) is 20.9. The predicted molar refractivity (Wildman–Crippen MR) is 97.2 cm³/mol. The van der Waals surface area contributed by atoms with Crippen LogP contribution in [0.5, 0.6) is 0 Å². The number of nitrogens with zero attached hydrogens (tertiary/aromatic N) is 1. The van der Waals surface area contributed by atoms with E-state index in [1.165, 1.54) is 12.0 Å². The number of carbonyl (C=O) groups excluding carboxylic acids is 2. The number of amides is 1. The standard InChI is InChI=1S/C18H25NO7S/c1-13(11-26-27(3,22)23)15-9-19(10-16(15)17(20)24-2)18(21)25-12-14-7-5-4-6-8-14/h4-8,13,15-16H,9-12H2,1-3H3/t13-,15?,16?/m1/s1. The molecule has 1 amide bonds. The van der Waals surface area contributed by atoms with E-state index in [9.17, 15) is 18.0 Å². The van der Waals surface area contributed by atoms with Crippen LogP contribution in [0.1, 0.15) is 12.5 Å². The Labute approximate surface area is 159 Å². The number of ether oxygens (including phenoxy) is 2. The second kappa shape index (κ2) is 9.18. The van der Waals surface area contributed by atoms with Crippen LogP contribution in [0.3, 0.4) is 0 Å². The topological polar surface area (TPSA) is 99.2 Å². The SMILES string of the molecule is COC(=O)C1CN(C(=O)OCc2ccccc2)CC1[C@H](C)COS(C)(=O)=O. The molecule has 2 unspecified atom stereocenters. The fraction of sp³-hybridized carbons (Fsp3) is 0.556. The van der Waals surface area contributed by atoms with E-state index < -0.39 is 28.1 Å². The molecule has 0 bridgehead atoms. The summed E-state index contributed by atoms with van der Waals surface area (Å²) < 4.78 is 37.4. The van der Waals surface area contributed by atoms with Crippen LogP contribution in [-0.2, 0) is 35.2 Å². The molecule has 9 heteroatoms. The number of methoxy groups -OCH3 is 1. The Hall–Kier alpha value is -2.13. The third-order valence-corrected chi connectivity index (χ3v) is 5.17. The number of likely N-dealkylation sites (tertiary alicyclic amines) is 1. The lowest BCUT2D eigenvalue weighted by Gasteiger charge is -2.22. The van der Waals surface area contributed by atoms with Crippen molar-refractivity contribution < 1.29 is 31.7 Å². The van der Waals surface area contributed by atoms with Crippen LogP contribution in [0.2, 0.25) is 0 Å². The maximum absolute atomic E-state index is 12.4. The van der Waals surface area contributed by atoms with Crippen molar-refractivity contribution >= 4 is 22.2 Å². The summed E-state index contributed by atoms with van der Waals surface area (Å²) in [5.74, 6) is -1.55. The molecule has 1 aliphatic rings. The summed E-state index contributed by atoms with van der Waals surface area (Å²) in [5.41, 5.74) is 0.862. The molecule has 0 radical (unpaired) electrons. The third kappa shape index (κ3) is 6.21. The Morgan fingerprint density at radius 2 is 1.89 bits per heavy atom. The highest BCUT2D eigenvalue weighted by atomic mass is 32.2. The molecule has 1 aromatic carbocycles. The monoisotopic (exact) mass is 399 g/mol. The van der Waals surface area contributed by atoms with Crippen LogP contribution in [0.25, 0.3) is 0 Å². The Morgan fingerprint density at radius 1 is 1.22 bits per heavy atom. The number of hydrogen-bond acceptors (Lipinski definition) is 7. The lowest BCUT2D eigenvalue weighted by atomic mass is 9.85. The van der Waals surface area contributed by atoms with Crippen LogP contribution in [0.4, 0.5) is 4.79 Å². The minimum absolute atomic E-state index is 0.0656. The molecule has 1 heterocycles. The van der Waals surface area contributed by atoms with Gasteiger partial charge in [0.25, 0.3) is 10.1 Å².